The van der Waals surface area contributed by atoms with Crippen molar-refractivity contribution >= 4 is 28.6 Å². The molecule has 0 spiro atoms. The molecule has 4 heterocycles. The number of hydrogen-bond donors (Lipinski definition) is 1. The molecule has 1 N–H and O–H groups in total. The van der Waals surface area contributed by atoms with E-state index in [2.05, 4.69) is 20.4 Å². The lowest BCUT2D eigenvalue weighted by atomic mass is 10.1. The highest BCUT2D eigenvalue weighted by atomic mass is 32.1. The average molecular weight is 381 g/mol. The lowest BCUT2D eigenvalue weighted by molar-refractivity contribution is 0.0950. The molecular weight excluding hydrogens is 366 g/mol. The van der Waals surface area contributed by atoms with Gasteiger partial charge < -0.3 is 5.32 Å². The van der Waals surface area contributed by atoms with Gasteiger partial charge in [0.05, 0.1) is 16.8 Å². The third kappa shape index (κ3) is 3.56. The quantitative estimate of drug-likeness (QED) is 0.573. The number of aromatic nitrogens is 4. The van der Waals surface area contributed by atoms with Crippen molar-refractivity contribution in [3.8, 4) is 21.7 Å². The van der Waals surface area contributed by atoms with Gasteiger partial charge in [0.1, 0.15) is 0 Å². The molecule has 4 aromatic rings. The van der Waals surface area contributed by atoms with E-state index in [1.54, 1.807) is 34.6 Å². The molecule has 4 aromatic heterocycles. The molecule has 0 aromatic carbocycles. The molecule has 6 nitrogen and oxygen atoms in total. The normalized spacial score (nSPS) is 10.8. The van der Waals surface area contributed by atoms with Gasteiger partial charge in [0.15, 0.2) is 5.01 Å². The van der Waals surface area contributed by atoms with Crippen LogP contribution in [0.15, 0.2) is 53.7 Å². The molecule has 8 heteroatoms. The smallest absolute Gasteiger partial charge is 0.280 e. The summed E-state index contributed by atoms with van der Waals surface area (Å²) in [5.41, 5.74) is 3.73. The Morgan fingerprint density at radius 3 is 2.92 bits per heavy atom. The van der Waals surface area contributed by atoms with E-state index in [1.165, 1.54) is 11.3 Å². The maximum atomic E-state index is 12.4. The molecule has 0 aliphatic carbocycles. The molecule has 0 fully saturated rings. The number of thiazole rings is 1. The highest BCUT2D eigenvalue weighted by Gasteiger charge is 2.12. The minimum Gasteiger partial charge on any atom is -0.346 e. The van der Waals surface area contributed by atoms with Crippen LogP contribution in [0, 0.1) is 0 Å². The molecule has 0 saturated carbocycles. The van der Waals surface area contributed by atoms with E-state index < -0.39 is 0 Å². The van der Waals surface area contributed by atoms with Gasteiger partial charge in [-0.05, 0) is 23.1 Å². The molecule has 130 valence electrons. The third-order valence-corrected chi connectivity index (χ3v) is 5.49. The van der Waals surface area contributed by atoms with E-state index in [0.29, 0.717) is 11.6 Å². The summed E-state index contributed by atoms with van der Waals surface area (Å²) in [6.45, 7) is 0.397. The van der Waals surface area contributed by atoms with Gasteiger partial charge in [-0.25, -0.2) is 4.98 Å². The van der Waals surface area contributed by atoms with Crippen LogP contribution in [-0.2, 0) is 13.6 Å². The van der Waals surface area contributed by atoms with Crippen LogP contribution < -0.4 is 5.32 Å². The zero-order valence-corrected chi connectivity index (χ0v) is 15.5. The molecule has 1 amide bonds. The van der Waals surface area contributed by atoms with Crippen molar-refractivity contribution < 1.29 is 4.79 Å². The maximum absolute atomic E-state index is 12.4. The summed E-state index contributed by atoms with van der Waals surface area (Å²) in [7, 11) is 1.87. The minimum absolute atomic E-state index is 0.176. The predicted octanol–water partition coefficient (Wildman–Crippen LogP) is 3.60. The Labute approximate surface area is 158 Å². The fourth-order valence-corrected chi connectivity index (χ4v) is 3.98. The Balaban J connectivity index is 1.43. The van der Waals surface area contributed by atoms with Gasteiger partial charge in [0, 0.05) is 48.7 Å². The number of carbonyl (C=O) groups is 1. The van der Waals surface area contributed by atoms with E-state index in [4.69, 9.17) is 0 Å². The molecule has 0 radical (unpaired) electrons. The zero-order chi connectivity index (χ0) is 17.9. The Bertz CT molecular complexity index is 1040. The highest BCUT2D eigenvalue weighted by molar-refractivity contribution is 7.15. The van der Waals surface area contributed by atoms with Gasteiger partial charge in [-0.1, -0.05) is 6.07 Å². The zero-order valence-electron chi connectivity index (χ0n) is 13.9. The summed E-state index contributed by atoms with van der Waals surface area (Å²) in [6.07, 6.45) is 7.26. The second-order valence-corrected chi connectivity index (χ2v) is 7.49. The van der Waals surface area contributed by atoms with Gasteiger partial charge in [-0.2, -0.15) is 5.10 Å². The van der Waals surface area contributed by atoms with E-state index in [9.17, 15) is 4.79 Å². The number of pyridine rings is 1. The van der Waals surface area contributed by atoms with Gasteiger partial charge in [-0.3, -0.25) is 14.5 Å². The fraction of sp³-hybridized carbons (Fsp3) is 0.111. The summed E-state index contributed by atoms with van der Waals surface area (Å²) in [4.78, 5) is 22.1. The van der Waals surface area contributed by atoms with Crippen molar-refractivity contribution in [3.05, 3.63) is 64.3 Å². The van der Waals surface area contributed by atoms with Crippen LogP contribution in [0.2, 0.25) is 0 Å². The van der Waals surface area contributed by atoms with Crippen LogP contribution >= 0.6 is 22.7 Å². The van der Waals surface area contributed by atoms with E-state index in [1.807, 2.05) is 42.2 Å². The molecular formula is C18H15N5OS2. The first kappa shape index (κ1) is 16.6. The van der Waals surface area contributed by atoms with Gasteiger partial charge in [-0.15, -0.1) is 22.7 Å². The van der Waals surface area contributed by atoms with Crippen LogP contribution in [0.3, 0.4) is 0 Å². The maximum Gasteiger partial charge on any atom is 0.280 e. The predicted molar refractivity (Wildman–Crippen MR) is 103 cm³/mol. The summed E-state index contributed by atoms with van der Waals surface area (Å²) in [5, 5.41) is 11.4. The first-order valence-electron chi connectivity index (χ1n) is 7.89. The van der Waals surface area contributed by atoms with Gasteiger partial charge in [0.25, 0.3) is 5.91 Å². The third-order valence-electron chi connectivity index (χ3n) is 3.76. The number of nitrogens with one attached hydrogen (secondary N) is 1. The standard InChI is InChI=1S/C18H15N5OS2/c1-23-10-14(9-21-23)13-5-12(6-19-8-13)7-20-17(24)18-22-15(11-26-18)16-3-2-4-25-16/h2-6,8-11H,7H2,1H3,(H,20,24). The van der Waals surface area contributed by atoms with E-state index in [0.717, 1.165) is 27.3 Å². The van der Waals surface area contributed by atoms with Crippen molar-refractivity contribution in [1.82, 2.24) is 25.1 Å². The summed E-state index contributed by atoms with van der Waals surface area (Å²) in [6, 6.07) is 5.97. The van der Waals surface area contributed by atoms with Crippen molar-refractivity contribution in [2.24, 2.45) is 7.05 Å². The summed E-state index contributed by atoms with van der Waals surface area (Å²) >= 11 is 2.96. The molecule has 0 bridgehead atoms. The number of carbonyl (C=O) groups excluding carboxylic acids is 1. The van der Waals surface area contributed by atoms with Crippen molar-refractivity contribution in [1.29, 1.82) is 0 Å². The van der Waals surface area contributed by atoms with Crippen LogP contribution in [0.25, 0.3) is 21.7 Å². The Morgan fingerprint density at radius 2 is 2.15 bits per heavy atom. The largest absolute Gasteiger partial charge is 0.346 e. The van der Waals surface area contributed by atoms with Crippen molar-refractivity contribution in [2.45, 2.75) is 6.54 Å². The first-order valence-corrected chi connectivity index (χ1v) is 9.65. The number of amides is 1. The number of hydrogen-bond acceptors (Lipinski definition) is 6. The van der Waals surface area contributed by atoms with Crippen molar-refractivity contribution in [3.63, 3.8) is 0 Å². The van der Waals surface area contributed by atoms with Gasteiger partial charge in [0.2, 0.25) is 0 Å². The average Bonchev–Trinajstić information content (AvgIpc) is 3.40. The highest BCUT2D eigenvalue weighted by Crippen LogP contribution is 2.26. The number of rotatable bonds is 5. The molecule has 26 heavy (non-hydrogen) atoms. The lowest BCUT2D eigenvalue weighted by Gasteiger charge is -2.05. The topological polar surface area (TPSA) is 72.7 Å². The number of thiophene rings is 1. The molecule has 0 atom stereocenters. The van der Waals surface area contributed by atoms with Crippen LogP contribution in [-0.4, -0.2) is 25.7 Å². The Kier molecular flexibility index (Phi) is 4.59. The first-order chi connectivity index (χ1) is 12.7. The molecule has 0 saturated heterocycles. The molecule has 0 unspecified atom stereocenters. The summed E-state index contributed by atoms with van der Waals surface area (Å²) < 4.78 is 1.75. The Hall–Kier alpha value is -2.84. The molecule has 0 aliphatic heterocycles. The van der Waals surface area contributed by atoms with Crippen LogP contribution in [0.1, 0.15) is 15.4 Å². The van der Waals surface area contributed by atoms with E-state index >= 15 is 0 Å². The van der Waals surface area contributed by atoms with E-state index in [-0.39, 0.29) is 5.91 Å². The second kappa shape index (κ2) is 7.19. The van der Waals surface area contributed by atoms with Crippen LogP contribution in [0.4, 0.5) is 0 Å². The number of aryl methyl sites for hydroxylation is 1. The van der Waals surface area contributed by atoms with Crippen LogP contribution in [0.5, 0.6) is 0 Å². The molecule has 4 rings (SSSR count). The molecule has 0 aliphatic rings. The monoisotopic (exact) mass is 381 g/mol. The second-order valence-electron chi connectivity index (χ2n) is 5.68. The Morgan fingerprint density at radius 1 is 1.23 bits per heavy atom. The lowest BCUT2D eigenvalue weighted by Crippen LogP contribution is -2.22. The fourth-order valence-electron chi connectivity index (χ4n) is 2.49. The van der Waals surface area contributed by atoms with Gasteiger partial charge >= 0.3 is 0 Å². The number of nitrogens with zero attached hydrogens (tertiary/aromatic N) is 4. The minimum atomic E-state index is -0.176. The SMILES string of the molecule is Cn1cc(-c2cncc(CNC(=O)c3nc(-c4cccs4)cs3)c2)cn1. The van der Waals surface area contributed by atoms with Crippen molar-refractivity contribution in [2.75, 3.05) is 0 Å². The summed E-state index contributed by atoms with van der Waals surface area (Å²) in [5.74, 6) is -0.176.